The molecule has 6 heteroatoms. The lowest BCUT2D eigenvalue weighted by molar-refractivity contribution is -0.128. The van der Waals surface area contributed by atoms with E-state index in [4.69, 9.17) is 0 Å². The van der Waals surface area contributed by atoms with Gasteiger partial charge in [0.2, 0.25) is 11.8 Å². The van der Waals surface area contributed by atoms with Gasteiger partial charge in [0.1, 0.15) is 6.04 Å². The van der Waals surface area contributed by atoms with Crippen molar-refractivity contribution in [2.75, 3.05) is 13.1 Å². The van der Waals surface area contributed by atoms with Gasteiger partial charge in [-0.05, 0) is 50.8 Å². The minimum absolute atomic E-state index is 0.0805. The third kappa shape index (κ3) is 5.32. The number of hydrogen-bond donors (Lipinski definition) is 3. The Labute approximate surface area is 145 Å². The van der Waals surface area contributed by atoms with Crippen molar-refractivity contribution in [3.05, 3.63) is 34.3 Å². The SMILES string of the molecule is CC(C)(NCC(=O)N[C@@H]1CCCCNC1=O)c1ccc(Br)cc1. The van der Waals surface area contributed by atoms with Crippen LogP contribution in [0.4, 0.5) is 0 Å². The van der Waals surface area contributed by atoms with Crippen LogP contribution in [0.3, 0.4) is 0 Å². The van der Waals surface area contributed by atoms with Crippen LogP contribution in [0.2, 0.25) is 0 Å². The van der Waals surface area contributed by atoms with Crippen molar-refractivity contribution >= 4 is 27.7 Å². The fourth-order valence-corrected chi connectivity index (χ4v) is 2.86. The lowest BCUT2D eigenvalue weighted by Gasteiger charge is -2.27. The highest BCUT2D eigenvalue weighted by atomic mass is 79.9. The molecule has 1 aliphatic heterocycles. The van der Waals surface area contributed by atoms with Crippen molar-refractivity contribution in [3.63, 3.8) is 0 Å². The maximum absolute atomic E-state index is 12.1. The van der Waals surface area contributed by atoms with Crippen molar-refractivity contribution in [1.29, 1.82) is 0 Å². The fraction of sp³-hybridized carbons (Fsp3) is 0.529. The molecule has 0 bridgehead atoms. The second-order valence-corrected chi connectivity index (χ2v) is 7.31. The zero-order chi connectivity index (χ0) is 16.9. The Morgan fingerprint density at radius 1 is 1.30 bits per heavy atom. The molecule has 1 fully saturated rings. The second-order valence-electron chi connectivity index (χ2n) is 6.39. The largest absolute Gasteiger partial charge is 0.354 e. The van der Waals surface area contributed by atoms with Gasteiger partial charge in [0.25, 0.3) is 0 Å². The summed E-state index contributed by atoms with van der Waals surface area (Å²) in [4.78, 5) is 24.0. The van der Waals surface area contributed by atoms with Gasteiger partial charge in [0.15, 0.2) is 0 Å². The summed E-state index contributed by atoms with van der Waals surface area (Å²) in [6.07, 6.45) is 2.61. The first kappa shape index (κ1) is 17.9. The summed E-state index contributed by atoms with van der Waals surface area (Å²) in [7, 11) is 0. The molecule has 2 rings (SSSR count). The van der Waals surface area contributed by atoms with E-state index in [1.54, 1.807) is 0 Å². The predicted molar refractivity (Wildman–Crippen MR) is 94.0 cm³/mol. The maximum Gasteiger partial charge on any atom is 0.242 e. The van der Waals surface area contributed by atoms with Crippen molar-refractivity contribution in [2.45, 2.75) is 44.7 Å². The number of halogens is 1. The van der Waals surface area contributed by atoms with Crippen molar-refractivity contribution in [2.24, 2.45) is 0 Å². The molecule has 1 saturated heterocycles. The smallest absolute Gasteiger partial charge is 0.242 e. The summed E-state index contributed by atoms with van der Waals surface area (Å²) < 4.78 is 1.02. The van der Waals surface area contributed by atoms with Gasteiger partial charge in [-0.1, -0.05) is 28.1 Å². The summed E-state index contributed by atoms with van der Waals surface area (Å²) in [5, 5.41) is 8.90. The number of rotatable bonds is 5. The third-order valence-corrected chi connectivity index (χ3v) is 4.66. The first-order valence-electron chi connectivity index (χ1n) is 7.96. The van der Waals surface area contributed by atoms with Gasteiger partial charge < -0.3 is 10.6 Å². The average molecular weight is 382 g/mol. The molecule has 0 unspecified atom stereocenters. The van der Waals surface area contributed by atoms with E-state index in [0.29, 0.717) is 13.0 Å². The molecule has 0 saturated carbocycles. The first-order valence-corrected chi connectivity index (χ1v) is 8.76. The van der Waals surface area contributed by atoms with Crippen molar-refractivity contribution < 1.29 is 9.59 Å². The Kier molecular flexibility index (Phi) is 6.18. The Balaban J connectivity index is 1.87. The number of nitrogens with one attached hydrogen (secondary N) is 3. The molecule has 1 atom stereocenters. The third-order valence-electron chi connectivity index (χ3n) is 4.13. The van der Waals surface area contributed by atoms with Crippen LogP contribution in [-0.2, 0) is 15.1 Å². The summed E-state index contributed by atoms with van der Waals surface area (Å²) in [6.45, 7) is 4.93. The standard InChI is InChI=1S/C17H24BrN3O2/c1-17(2,12-6-8-13(18)9-7-12)20-11-15(22)21-14-5-3-4-10-19-16(14)23/h6-9,14,20H,3-5,10-11H2,1-2H3,(H,19,23)(H,21,22)/t14-/m1/s1. The molecule has 2 amide bonds. The van der Waals surface area contributed by atoms with Gasteiger partial charge >= 0.3 is 0 Å². The van der Waals surface area contributed by atoms with E-state index in [0.717, 1.165) is 22.9 Å². The van der Waals surface area contributed by atoms with E-state index in [1.807, 2.05) is 38.1 Å². The number of benzene rings is 1. The molecule has 126 valence electrons. The lowest BCUT2D eigenvalue weighted by Crippen LogP contribution is -2.50. The molecule has 3 N–H and O–H groups in total. The number of carbonyl (C=O) groups excluding carboxylic acids is 2. The summed E-state index contributed by atoms with van der Waals surface area (Å²) in [5.41, 5.74) is 0.768. The summed E-state index contributed by atoms with van der Waals surface area (Å²) >= 11 is 3.42. The average Bonchev–Trinajstić information content (AvgIpc) is 2.71. The van der Waals surface area contributed by atoms with Gasteiger partial charge in [0, 0.05) is 16.6 Å². The highest BCUT2D eigenvalue weighted by Gasteiger charge is 2.24. The van der Waals surface area contributed by atoms with E-state index < -0.39 is 6.04 Å². The molecule has 0 aliphatic carbocycles. The van der Waals surface area contributed by atoms with Gasteiger partial charge in [-0.15, -0.1) is 0 Å². The minimum Gasteiger partial charge on any atom is -0.354 e. The van der Waals surface area contributed by atoms with Crippen LogP contribution in [0.25, 0.3) is 0 Å². The van der Waals surface area contributed by atoms with Gasteiger partial charge in [-0.3, -0.25) is 14.9 Å². The summed E-state index contributed by atoms with van der Waals surface area (Å²) in [6, 6.07) is 7.59. The Hall–Kier alpha value is -1.40. The molecule has 23 heavy (non-hydrogen) atoms. The minimum atomic E-state index is -0.414. The normalized spacial score (nSPS) is 18.9. The predicted octanol–water partition coefficient (Wildman–Crippen LogP) is 2.06. The van der Waals surface area contributed by atoms with E-state index in [2.05, 4.69) is 31.9 Å². The van der Waals surface area contributed by atoms with Gasteiger partial charge in [-0.25, -0.2) is 0 Å². The molecule has 1 aromatic carbocycles. The van der Waals surface area contributed by atoms with Crippen LogP contribution in [0.1, 0.15) is 38.7 Å². The van der Waals surface area contributed by atoms with E-state index in [1.165, 1.54) is 0 Å². The topological polar surface area (TPSA) is 70.2 Å². The molecule has 0 spiro atoms. The molecule has 5 nitrogen and oxygen atoms in total. The van der Waals surface area contributed by atoms with Crippen LogP contribution in [-0.4, -0.2) is 30.9 Å². The zero-order valence-electron chi connectivity index (χ0n) is 13.6. The number of amides is 2. The molecule has 0 aromatic heterocycles. The van der Waals surface area contributed by atoms with E-state index >= 15 is 0 Å². The second kappa shape index (κ2) is 7.93. The van der Waals surface area contributed by atoms with Crippen LogP contribution in [0.15, 0.2) is 28.7 Å². The van der Waals surface area contributed by atoms with Crippen molar-refractivity contribution in [1.82, 2.24) is 16.0 Å². The number of carbonyl (C=O) groups is 2. The monoisotopic (exact) mass is 381 g/mol. The fourth-order valence-electron chi connectivity index (χ4n) is 2.59. The van der Waals surface area contributed by atoms with Gasteiger partial charge in [0.05, 0.1) is 6.54 Å². The molecular formula is C17H24BrN3O2. The Morgan fingerprint density at radius 3 is 2.70 bits per heavy atom. The zero-order valence-corrected chi connectivity index (χ0v) is 15.2. The number of hydrogen-bond acceptors (Lipinski definition) is 3. The molecule has 0 radical (unpaired) electrons. The van der Waals surface area contributed by atoms with Gasteiger partial charge in [-0.2, -0.15) is 0 Å². The van der Waals surface area contributed by atoms with Crippen LogP contribution >= 0.6 is 15.9 Å². The van der Waals surface area contributed by atoms with Crippen LogP contribution in [0.5, 0.6) is 0 Å². The van der Waals surface area contributed by atoms with Crippen molar-refractivity contribution in [3.8, 4) is 0 Å². The lowest BCUT2D eigenvalue weighted by atomic mass is 9.94. The molecule has 1 aliphatic rings. The Bertz CT molecular complexity index is 557. The molecule has 1 heterocycles. The highest BCUT2D eigenvalue weighted by Crippen LogP contribution is 2.21. The molecule has 1 aromatic rings. The maximum atomic E-state index is 12.1. The van der Waals surface area contributed by atoms with E-state index in [-0.39, 0.29) is 23.9 Å². The molecular weight excluding hydrogens is 358 g/mol. The summed E-state index contributed by atoms with van der Waals surface area (Å²) in [5.74, 6) is -0.236. The Morgan fingerprint density at radius 2 is 2.00 bits per heavy atom. The highest BCUT2D eigenvalue weighted by molar-refractivity contribution is 9.10. The van der Waals surface area contributed by atoms with E-state index in [9.17, 15) is 9.59 Å². The van der Waals surface area contributed by atoms with Crippen LogP contribution in [0, 0.1) is 0 Å². The quantitative estimate of drug-likeness (QED) is 0.730. The first-order chi connectivity index (χ1) is 10.9. The van der Waals surface area contributed by atoms with Crippen LogP contribution < -0.4 is 16.0 Å².